The Morgan fingerprint density at radius 3 is 2.45 bits per heavy atom. The molecule has 0 spiro atoms. The number of carbonyl (C=O) groups excluding carboxylic acids is 1. The minimum atomic E-state index is -0.470. The summed E-state index contributed by atoms with van der Waals surface area (Å²) in [6, 6.07) is 13.3. The summed E-state index contributed by atoms with van der Waals surface area (Å²) in [6.45, 7) is 0. The Balaban J connectivity index is 2.29. The van der Waals surface area contributed by atoms with Gasteiger partial charge in [-0.3, -0.25) is 14.9 Å². The Bertz CT molecular complexity index is 695. The highest BCUT2D eigenvalue weighted by atomic mass is 79.9. The lowest BCUT2D eigenvalue weighted by Gasteiger charge is -1.99. The molecule has 0 fully saturated rings. The third-order valence-electron chi connectivity index (χ3n) is 2.69. The summed E-state index contributed by atoms with van der Waals surface area (Å²) in [5.74, 6) is -0.212. The van der Waals surface area contributed by atoms with Crippen LogP contribution >= 0.6 is 15.9 Å². The number of benzene rings is 2. The van der Waals surface area contributed by atoms with Crippen molar-refractivity contribution in [3.05, 3.63) is 80.3 Å². The van der Waals surface area contributed by atoms with Crippen LogP contribution in [0.5, 0.6) is 0 Å². The molecule has 0 radical (unpaired) electrons. The lowest BCUT2D eigenvalue weighted by molar-refractivity contribution is -0.385. The standard InChI is InChI=1S/C15H10BrNO3/c16-13-7-3-2-6-12(13)15(18)10-9-11-5-1-4-8-14(11)17(19)20/h1-10H/b10-9+. The zero-order chi connectivity index (χ0) is 14.5. The molecular weight excluding hydrogens is 322 g/mol. The lowest BCUT2D eigenvalue weighted by atomic mass is 10.1. The molecule has 2 rings (SSSR count). The van der Waals surface area contributed by atoms with Crippen LogP contribution in [0, 0.1) is 10.1 Å². The van der Waals surface area contributed by atoms with Crippen molar-refractivity contribution in [3.63, 3.8) is 0 Å². The summed E-state index contributed by atoms with van der Waals surface area (Å²) in [5, 5.41) is 10.9. The van der Waals surface area contributed by atoms with Gasteiger partial charge in [-0.15, -0.1) is 0 Å². The van der Waals surface area contributed by atoms with Crippen LogP contribution in [0.1, 0.15) is 15.9 Å². The number of rotatable bonds is 4. The van der Waals surface area contributed by atoms with Gasteiger partial charge in [-0.05, 0) is 30.4 Å². The highest BCUT2D eigenvalue weighted by Gasteiger charge is 2.11. The molecule has 0 amide bonds. The van der Waals surface area contributed by atoms with Gasteiger partial charge in [-0.25, -0.2) is 0 Å². The number of para-hydroxylation sites is 1. The molecule has 0 atom stereocenters. The summed E-state index contributed by atoms with van der Waals surface area (Å²) in [6.07, 6.45) is 2.79. The van der Waals surface area contributed by atoms with E-state index in [1.165, 1.54) is 18.2 Å². The summed E-state index contributed by atoms with van der Waals surface area (Å²) >= 11 is 3.30. The fourth-order valence-electron chi connectivity index (χ4n) is 1.71. The highest BCUT2D eigenvalue weighted by molar-refractivity contribution is 9.10. The average molecular weight is 332 g/mol. The van der Waals surface area contributed by atoms with E-state index in [4.69, 9.17) is 0 Å². The monoisotopic (exact) mass is 331 g/mol. The molecule has 0 saturated heterocycles. The van der Waals surface area contributed by atoms with Crippen LogP contribution in [0.2, 0.25) is 0 Å². The fourth-order valence-corrected chi connectivity index (χ4v) is 2.19. The maximum absolute atomic E-state index is 12.0. The largest absolute Gasteiger partial charge is 0.289 e. The smallest absolute Gasteiger partial charge is 0.276 e. The highest BCUT2D eigenvalue weighted by Crippen LogP contribution is 2.21. The molecule has 0 aliphatic carbocycles. The van der Waals surface area contributed by atoms with Crippen molar-refractivity contribution in [2.75, 3.05) is 0 Å². The summed E-state index contributed by atoms with van der Waals surface area (Å²) < 4.78 is 0.692. The third kappa shape index (κ3) is 3.19. The SMILES string of the molecule is O=C(/C=C/c1ccccc1[N+](=O)[O-])c1ccccc1Br. The Labute approximate surface area is 124 Å². The quantitative estimate of drug-likeness (QED) is 0.364. The van der Waals surface area contributed by atoms with Gasteiger partial charge in [0, 0.05) is 16.1 Å². The van der Waals surface area contributed by atoms with E-state index in [1.54, 1.807) is 36.4 Å². The molecule has 20 heavy (non-hydrogen) atoms. The van der Waals surface area contributed by atoms with E-state index in [-0.39, 0.29) is 11.5 Å². The van der Waals surface area contributed by atoms with Gasteiger partial charge in [0.15, 0.2) is 5.78 Å². The molecule has 2 aromatic rings. The van der Waals surface area contributed by atoms with Gasteiger partial charge in [0.2, 0.25) is 0 Å². The lowest BCUT2D eigenvalue weighted by Crippen LogP contribution is -1.96. The Hall–Kier alpha value is -2.27. The normalized spacial score (nSPS) is 10.7. The van der Waals surface area contributed by atoms with E-state index in [0.29, 0.717) is 15.6 Å². The van der Waals surface area contributed by atoms with Crippen LogP contribution in [0.15, 0.2) is 59.1 Å². The molecule has 0 aliphatic rings. The van der Waals surface area contributed by atoms with Crippen molar-refractivity contribution in [1.82, 2.24) is 0 Å². The number of nitrogens with zero attached hydrogens (tertiary/aromatic N) is 1. The zero-order valence-corrected chi connectivity index (χ0v) is 11.9. The van der Waals surface area contributed by atoms with Crippen molar-refractivity contribution in [3.8, 4) is 0 Å². The number of hydrogen-bond donors (Lipinski definition) is 0. The second-order valence-corrected chi connectivity index (χ2v) is 4.85. The molecule has 4 nitrogen and oxygen atoms in total. The number of nitro benzene ring substituents is 1. The van der Waals surface area contributed by atoms with Crippen molar-refractivity contribution >= 4 is 33.5 Å². The van der Waals surface area contributed by atoms with Crippen LogP contribution in [-0.4, -0.2) is 10.7 Å². The summed E-state index contributed by atoms with van der Waals surface area (Å²) in [5.41, 5.74) is 0.893. The number of carbonyl (C=O) groups is 1. The van der Waals surface area contributed by atoms with Crippen molar-refractivity contribution < 1.29 is 9.72 Å². The molecule has 0 N–H and O–H groups in total. The topological polar surface area (TPSA) is 60.2 Å². The van der Waals surface area contributed by atoms with E-state index < -0.39 is 4.92 Å². The van der Waals surface area contributed by atoms with Crippen LogP contribution in [0.3, 0.4) is 0 Å². The molecule has 5 heteroatoms. The van der Waals surface area contributed by atoms with Gasteiger partial charge in [0.1, 0.15) is 0 Å². The fraction of sp³-hybridized carbons (Fsp3) is 0. The van der Waals surface area contributed by atoms with E-state index in [9.17, 15) is 14.9 Å². The van der Waals surface area contributed by atoms with Crippen molar-refractivity contribution in [1.29, 1.82) is 0 Å². The Kier molecular flexibility index (Phi) is 4.42. The number of ketones is 1. The van der Waals surface area contributed by atoms with Gasteiger partial charge in [0.25, 0.3) is 5.69 Å². The molecule has 0 unspecified atom stereocenters. The summed E-state index contributed by atoms with van der Waals surface area (Å²) in [7, 11) is 0. The second-order valence-electron chi connectivity index (χ2n) is 3.99. The number of hydrogen-bond acceptors (Lipinski definition) is 3. The maximum Gasteiger partial charge on any atom is 0.276 e. The minimum Gasteiger partial charge on any atom is -0.289 e. The van der Waals surface area contributed by atoms with Crippen molar-refractivity contribution in [2.45, 2.75) is 0 Å². The first kappa shape index (κ1) is 14.1. The van der Waals surface area contributed by atoms with Gasteiger partial charge in [0.05, 0.1) is 10.5 Å². The van der Waals surface area contributed by atoms with E-state index in [0.717, 1.165) is 0 Å². The van der Waals surface area contributed by atoms with E-state index in [2.05, 4.69) is 15.9 Å². The Morgan fingerprint density at radius 1 is 1.10 bits per heavy atom. The van der Waals surface area contributed by atoms with E-state index >= 15 is 0 Å². The zero-order valence-electron chi connectivity index (χ0n) is 10.3. The van der Waals surface area contributed by atoms with Gasteiger partial charge < -0.3 is 0 Å². The van der Waals surface area contributed by atoms with Gasteiger partial charge in [-0.1, -0.05) is 40.2 Å². The van der Waals surface area contributed by atoms with Crippen molar-refractivity contribution in [2.24, 2.45) is 0 Å². The molecule has 0 aliphatic heterocycles. The first-order chi connectivity index (χ1) is 9.59. The minimum absolute atomic E-state index is 0.0244. The second kappa shape index (κ2) is 6.25. The van der Waals surface area contributed by atoms with E-state index in [1.807, 2.05) is 6.07 Å². The Morgan fingerprint density at radius 2 is 1.75 bits per heavy atom. The molecular formula is C15H10BrNO3. The molecule has 2 aromatic carbocycles. The molecule has 0 aromatic heterocycles. The first-order valence-corrected chi connectivity index (χ1v) is 6.59. The number of nitro groups is 1. The van der Waals surface area contributed by atoms with Gasteiger partial charge in [-0.2, -0.15) is 0 Å². The van der Waals surface area contributed by atoms with Gasteiger partial charge >= 0.3 is 0 Å². The molecule has 100 valence electrons. The predicted molar refractivity (Wildman–Crippen MR) is 80.6 cm³/mol. The molecule has 0 saturated carbocycles. The van der Waals surface area contributed by atoms with Crippen LogP contribution < -0.4 is 0 Å². The molecule has 0 heterocycles. The van der Waals surface area contributed by atoms with Crippen LogP contribution in [0.25, 0.3) is 6.08 Å². The average Bonchev–Trinajstić information content (AvgIpc) is 2.45. The first-order valence-electron chi connectivity index (χ1n) is 5.80. The van der Waals surface area contributed by atoms with Crippen LogP contribution in [-0.2, 0) is 0 Å². The maximum atomic E-state index is 12.0. The van der Waals surface area contributed by atoms with Crippen LogP contribution in [0.4, 0.5) is 5.69 Å². The number of allylic oxidation sites excluding steroid dienone is 1. The number of halogens is 1. The molecule has 0 bridgehead atoms. The summed E-state index contributed by atoms with van der Waals surface area (Å²) in [4.78, 5) is 22.4. The third-order valence-corrected chi connectivity index (χ3v) is 3.38. The predicted octanol–water partition coefficient (Wildman–Crippen LogP) is 4.25.